The molecule has 1 aromatic rings. The molecule has 2 aliphatic rings. The lowest BCUT2D eigenvalue weighted by atomic mass is 9.83. The molecule has 2 aliphatic heterocycles. The Kier molecular flexibility index (Phi) is 5.93. The summed E-state index contributed by atoms with van der Waals surface area (Å²) in [7, 11) is -1.88. The lowest BCUT2D eigenvalue weighted by Crippen LogP contribution is -2.49. The summed E-state index contributed by atoms with van der Waals surface area (Å²) in [6.07, 6.45) is 0.426. The van der Waals surface area contributed by atoms with Crippen molar-refractivity contribution in [3.05, 3.63) is 34.4 Å². The van der Waals surface area contributed by atoms with Crippen LogP contribution in [0.3, 0.4) is 0 Å². The maximum atomic E-state index is 13.1. The number of sulfonamides is 1. The molecule has 8 nitrogen and oxygen atoms in total. The monoisotopic (exact) mass is 442 g/mol. The van der Waals surface area contributed by atoms with Crippen molar-refractivity contribution in [2.75, 3.05) is 31.3 Å². The molecule has 0 radical (unpaired) electrons. The Morgan fingerprint density at radius 2 is 2.00 bits per heavy atom. The largest absolute Gasteiger partial charge is 0.495 e. The second-order valence-corrected chi connectivity index (χ2v) is 9.68. The van der Waals surface area contributed by atoms with Gasteiger partial charge in [0.05, 0.1) is 24.1 Å². The van der Waals surface area contributed by atoms with Gasteiger partial charge in [-0.15, -0.1) is 0 Å². The summed E-state index contributed by atoms with van der Waals surface area (Å²) >= 11 is 6.02. The Labute approximate surface area is 174 Å². The van der Waals surface area contributed by atoms with E-state index >= 15 is 0 Å². The predicted molar refractivity (Wildman–Crippen MR) is 108 cm³/mol. The first-order valence-electron chi connectivity index (χ1n) is 9.21. The van der Waals surface area contributed by atoms with E-state index < -0.39 is 27.5 Å². The number of rotatable bonds is 5. The molecule has 1 N–H and O–H groups in total. The first kappa shape index (κ1) is 21.6. The SMILES string of the molecule is CCS(=O)(=O)N1CCC2(CC1)OC(=O)C(C)=C2C(=O)Nc1cc(Cl)ccc1OC. The van der Waals surface area contributed by atoms with Crippen LogP contribution in [-0.4, -0.2) is 56.2 Å². The summed E-state index contributed by atoms with van der Waals surface area (Å²) in [6.45, 7) is 3.47. The van der Waals surface area contributed by atoms with Gasteiger partial charge in [-0.1, -0.05) is 11.6 Å². The molecule has 1 fully saturated rings. The van der Waals surface area contributed by atoms with Crippen molar-refractivity contribution in [2.45, 2.75) is 32.3 Å². The van der Waals surface area contributed by atoms with Gasteiger partial charge >= 0.3 is 5.97 Å². The zero-order valence-electron chi connectivity index (χ0n) is 16.5. The summed E-state index contributed by atoms with van der Waals surface area (Å²) in [5.41, 5.74) is -0.337. The Morgan fingerprint density at radius 3 is 2.59 bits per heavy atom. The Balaban J connectivity index is 1.88. The lowest BCUT2D eigenvalue weighted by Gasteiger charge is -2.38. The number of methoxy groups -OCH3 is 1. The normalized spacial score (nSPS) is 19.4. The van der Waals surface area contributed by atoms with Gasteiger partial charge in [0.25, 0.3) is 5.91 Å². The minimum atomic E-state index is -3.35. The Morgan fingerprint density at radius 1 is 1.34 bits per heavy atom. The number of nitrogens with one attached hydrogen (secondary N) is 1. The molecule has 0 saturated carbocycles. The van der Waals surface area contributed by atoms with Gasteiger partial charge in [-0.25, -0.2) is 17.5 Å². The van der Waals surface area contributed by atoms with E-state index in [-0.39, 0.29) is 42.8 Å². The van der Waals surface area contributed by atoms with Gasteiger partial charge in [0.2, 0.25) is 10.0 Å². The zero-order chi connectivity index (χ0) is 21.4. The number of halogens is 1. The van der Waals surface area contributed by atoms with Crippen LogP contribution >= 0.6 is 11.6 Å². The standard InChI is InChI=1S/C19H23ClN2O6S/c1-4-29(25,26)22-9-7-19(8-10-22)16(12(2)18(24)28-19)17(23)21-14-11-13(20)5-6-15(14)27-3/h5-6,11H,4,7-10H2,1-3H3,(H,21,23). The van der Waals surface area contributed by atoms with Crippen molar-refractivity contribution >= 4 is 39.2 Å². The molecule has 0 aromatic heterocycles. The van der Waals surface area contributed by atoms with Crippen molar-refractivity contribution < 1.29 is 27.5 Å². The molecule has 0 unspecified atom stereocenters. The molecular weight excluding hydrogens is 420 g/mol. The number of hydrogen-bond acceptors (Lipinski definition) is 6. The number of hydrogen-bond donors (Lipinski definition) is 1. The average molecular weight is 443 g/mol. The highest BCUT2D eigenvalue weighted by Crippen LogP contribution is 2.42. The number of benzene rings is 1. The van der Waals surface area contributed by atoms with Crippen LogP contribution in [0.5, 0.6) is 5.75 Å². The fourth-order valence-electron chi connectivity index (χ4n) is 3.75. The molecule has 29 heavy (non-hydrogen) atoms. The van der Waals surface area contributed by atoms with Gasteiger partial charge in [0, 0.05) is 36.5 Å². The Hall–Kier alpha value is -2.10. The molecule has 0 atom stereocenters. The highest BCUT2D eigenvalue weighted by Gasteiger charge is 2.51. The number of ether oxygens (including phenoxy) is 2. The summed E-state index contributed by atoms with van der Waals surface area (Å²) in [5, 5.41) is 3.16. The number of anilines is 1. The van der Waals surface area contributed by atoms with Gasteiger partial charge < -0.3 is 14.8 Å². The topological polar surface area (TPSA) is 102 Å². The van der Waals surface area contributed by atoms with Crippen molar-refractivity contribution in [1.29, 1.82) is 0 Å². The minimum Gasteiger partial charge on any atom is -0.495 e. The lowest BCUT2D eigenvalue weighted by molar-refractivity contribution is -0.149. The van der Waals surface area contributed by atoms with Crippen LogP contribution in [0.25, 0.3) is 0 Å². The summed E-state index contributed by atoms with van der Waals surface area (Å²) in [4.78, 5) is 25.4. The third-order valence-electron chi connectivity index (χ3n) is 5.35. The number of carbonyl (C=O) groups is 2. The van der Waals surface area contributed by atoms with Crippen molar-refractivity contribution in [3.63, 3.8) is 0 Å². The average Bonchev–Trinajstić information content (AvgIpc) is 2.92. The zero-order valence-corrected chi connectivity index (χ0v) is 18.0. The predicted octanol–water partition coefficient (Wildman–Crippen LogP) is 2.34. The third kappa shape index (κ3) is 3.99. The van der Waals surface area contributed by atoms with Gasteiger partial charge in [0.1, 0.15) is 11.4 Å². The van der Waals surface area contributed by atoms with Crippen LogP contribution in [0.1, 0.15) is 26.7 Å². The van der Waals surface area contributed by atoms with Crippen LogP contribution in [-0.2, 0) is 24.3 Å². The number of amides is 1. The molecule has 2 heterocycles. The molecule has 3 rings (SSSR count). The quantitative estimate of drug-likeness (QED) is 0.702. The fraction of sp³-hybridized carbons (Fsp3) is 0.474. The van der Waals surface area contributed by atoms with Crippen molar-refractivity contribution in [2.24, 2.45) is 0 Å². The molecule has 1 aromatic carbocycles. The van der Waals surface area contributed by atoms with E-state index in [0.717, 1.165) is 0 Å². The van der Waals surface area contributed by atoms with E-state index in [1.54, 1.807) is 25.1 Å². The van der Waals surface area contributed by atoms with Gasteiger partial charge in [-0.05, 0) is 32.0 Å². The molecule has 0 bridgehead atoms. The molecular formula is C19H23ClN2O6S. The van der Waals surface area contributed by atoms with Crippen molar-refractivity contribution in [3.8, 4) is 5.75 Å². The second-order valence-electron chi connectivity index (χ2n) is 6.98. The van der Waals surface area contributed by atoms with Crippen LogP contribution in [0.2, 0.25) is 5.02 Å². The van der Waals surface area contributed by atoms with Gasteiger partial charge in [-0.3, -0.25) is 4.79 Å². The van der Waals surface area contributed by atoms with E-state index in [9.17, 15) is 18.0 Å². The maximum absolute atomic E-state index is 13.1. The van der Waals surface area contributed by atoms with E-state index in [1.807, 2.05) is 0 Å². The number of esters is 1. The fourth-order valence-corrected chi connectivity index (χ4v) is 5.03. The summed E-state index contributed by atoms with van der Waals surface area (Å²) < 4.78 is 36.5. The summed E-state index contributed by atoms with van der Waals surface area (Å²) in [5.74, 6) is -0.652. The van der Waals surface area contributed by atoms with E-state index in [4.69, 9.17) is 21.1 Å². The first-order valence-corrected chi connectivity index (χ1v) is 11.2. The van der Waals surface area contributed by atoms with Gasteiger partial charge in [-0.2, -0.15) is 0 Å². The van der Waals surface area contributed by atoms with E-state index in [2.05, 4.69) is 5.32 Å². The van der Waals surface area contributed by atoms with Gasteiger partial charge in [0.15, 0.2) is 0 Å². The molecule has 0 aliphatic carbocycles. The maximum Gasteiger partial charge on any atom is 0.335 e. The van der Waals surface area contributed by atoms with Crippen LogP contribution in [0.15, 0.2) is 29.3 Å². The highest BCUT2D eigenvalue weighted by atomic mass is 35.5. The smallest absolute Gasteiger partial charge is 0.335 e. The first-order chi connectivity index (χ1) is 13.6. The Bertz CT molecular complexity index is 980. The molecule has 1 amide bonds. The summed E-state index contributed by atoms with van der Waals surface area (Å²) in [6, 6.07) is 4.81. The molecule has 1 saturated heterocycles. The van der Waals surface area contributed by atoms with Crippen LogP contribution in [0, 0.1) is 0 Å². The van der Waals surface area contributed by atoms with Crippen LogP contribution < -0.4 is 10.1 Å². The number of nitrogens with zero attached hydrogens (tertiary/aromatic N) is 1. The number of carbonyl (C=O) groups excluding carboxylic acids is 2. The highest BCUT2D eigenvalue weighted by molar-refractivity contribution is 7.89. The van der Waals surface area contributed by atoms with E-state index in [0.29, 0.717) is 16.5 Å². The minimum absolute atomic E-state index is 0.00341. The molecule has 10 heteroatoms. The van der Waals surface area contributed by atoms with Crippen LogP contribution in [0.4, 0.5) is 5.69 Å². The van der Waals surface area contributed by atoms with E-state index in [1.165, 1.54) is 18.3 Å². The second kappa shape index (κ2) is 7.97. The number of piperidine rings is 1. The molecule has 1 spiro atoms. The van der Waals surface area contributed by atoms with Crippen molar-refractivity contribution in [1.82, 2.24) is 4.31 Å². The third-order valence-corrected chi connectivity index (χ3v) is 7.47. The molecule has 158 valence electrons.